The Morgan fingerprint density at radius 3 is 0.852 bits per heavy atom. The molecule has 2 rings (SSSR count). The van der Waals surface area contributed by atoms with Gasteiger partial charge in [-0.15, -0.1) is 0 Å². The fraction of sp³-hybridized carbons (Fsp3) is 0.200. The van der Waals surface area contributed by atoms with Crippen LogP contribution in [0.15, 0.2) is 24.3 Å². The van der Waals surface area contributed by atoms with E-state index in [9.17, 15) is 52.7 Å². The van der Waals surface area contributed by atoms with Crippen molar-refractivity contribution in [2.24, 2.45) is 0 Å². The van der Waals surface area contributed by atoms with Crippen LogP contribution >= 0.6 is 0 Å². The third kappa shape index (κ3) is 3.10. The molecule has 0 bridgehead atoms. The van der Waals surface area contributed by atoms with E-state index in [0.29, 0.717) is 0 Å². The number of halogens is 12. The van der Waals surface area contributed by atoms with Crippen molar-refractivity contribution in [2.75, 3.05) is 0 Å². The molecule has 0 fully saturated rings. The Balaban J connectivity index is 3.06. The molecule has 0 saturated carbocycles. The second-order valence-electron chi connectivity index (χ2n) is 5.25. The summed E-state index contributed by atoms with van der Waals surface area (Å²) in [6.45, 7) is 0. The van der Waals surface area contributed by atoms with Crippen LogP contribution in [0.4, 0.5) is 52.7 Å². The second kappa shape index (κ2) is 6.34. The molecule has 0 spiro atoms. The maximum atomic E-state index is 13.6. The Morgan fingerprint density at radius 1 is 0.444 bits per heavy atom. The summed E-state index contributed by atoms with van der Waals surface area (Å²) in [5.74, 6) is -14.4. The van der Waals surface area contributed by atoms with Gasteiger partial charge in [-0.05, 0) is 35.4 Å². The van der Waals surface area contributed by atoms with Crippen molar-refractivity contribution in [1.82, 2.24) is 0 Å². The first-order valence-electron chi connectivity index (χ1n) is 6.58. The average Bonchev–Trinajstić information content (AvgIpc) is 2.47. The number of benzene rings is 2. The zero-order chi connectivity index (χ0) is 20.9. The van der Waals surface area contributed by atoms with Crippen LogP contribution in [0.5, 0.6) is 0 Å². The molecule has 0 saturated heterocycles. The lowest BCUT2D eigenvalue weighted by Gasteiger charge is -2.38. The molecule has 0 aliphatic carbocycles. The van der Waals surface area contributed by atoms with Gasteiger partial charge in [0.25, 0.3) is 0 Å². The number of hydrogen-bond donors (Lipinski definition) is 0. The van der Waals surface area contributed by atoms with Crippen LogP contribution in [0.25, 0.3) is 0 Å². The smallest absolute Gasteiger partial charge is 0.204 e. The van der Waals surface area contributed by atoms with Crippen molar-refractivity contribution >= 4 is 0 Å². The molecule has 0 unspecified atom stereocenters. The lowest BCUT2D eigenvalue weighted by Crippen LogP contribution is -2.55. The van der Waals surface area contributed by atoms with E-state index in [4.69, 9.17) is 0 Å². The van der Waals surface area contributed by atoms with Crippen LogP contribution in [0.3, 0.4) is 0 Å². The first-order valence-corrected chi connectivity index (χ1v) is 6.58. The summed E-state index contributed by atoms with van der Waals surface area (Å²) < 4.78 is 161. The number of hydrogen-bond acceptors (Lipinski definition) is 0. The fourth-order valence-electron chi connectivity index (χ4n) is 2.53. The van der Waals surface area contributed by atoms with Gasteiger partial charge in [-0.25, -0.2) is 26.3 Å². The summed E-state index contributed by atoms with van der Waals surface area (Å²) in [4.78, 5) is 0. The summed E-state index contributed by atoms with van der Waals surface area (Å²) in [6.07, 6.45) is -12.9. The quantitative estimate of drug-likeness (QED) is 0.424. The molecule has 0 aromatic heterocycles. The average molecular weight is 412 g/mol. The topological polar surface area (TPSA) is 0 Å². The van der Waals surface area contributed by atoms with Gasteiger partial charge in [0.05, 0.1) is 0 Å². The van der Waals surface area contributed by atoms with Gasteiger partial charge in [-0.1, -0.05) is 0 Å². The van der Waals surface area contributed by atoms with Gasteiger partial charge in [0, 0.05) is 0 Å². The molecule has 0 atom stereocenters. The van der Waals surface area contributed by atoms with E-state index in [2.05, 4.69) is 0 Å². The zero-order valence-corrected chi connectivity index (χ0v) is 12.3. The van der Waals surface area contributed by atoms with Crippen LogP contribution in [0, 0.1) is 34.9 Å². The Hall–Kier alpha value is -2.40. The molecular weight excluding hydrogens is 408 g/mol. The summed E-state index contributed by atoms with van der Waals surface area (Å²) >= 11 is 0. The summed E-state index contributed by atoms with van der Waals surface area (Å²) in [6, 6.07) is -2.45. The molecule has 2 aromatic rings. The first kappa shape index (κ1) is 20.9. The number of rotatable bonds is 2. The third-order valence-corrected chi connectivity index (χ3v) is 3.68. The van der Waals surface area contributed by atoms with Gasteiger partial charge in [0.2, 0.25) is 5.41 Å². The van der Waals surface area contributed by atoms with E-state index in [1.807, 2.05) is 0 Å². The molecule has 0 radical (unpaired) electrons. The highest BCUT2D eigenvalue weighted by molar-refractivity contribution is 5.45. The van der Waals surface area contributed by atoms with Gasteiger partial charge in [0.15, 0.2) is 34.9 Å². The van der Waals surface area contributed by atoms with Gasteiger partial charge in [-0.2, -0.15) is 26.3 Å². The standard InChI is InChI=1S/C15H4F12/c16-7-1-5(2-8(17)11(7)20)13(14(22,23)24,15(25,26)27)6-3-9(18)12(21)10(19)4-6/h1-4H. The minimum Gasteiger partial charge on any atom is -0.204 e. The molecule has 2 aromatic carbocycles. The summed E-state index contributed by atoms with van der Waals surface area (Å²) in [5, 5.41) is 0. The molecule has 0 N–H and O–H groups in total. The molecule has 0 heterocycles. The van der Waals surface area contributed by atoms with Crippen LogP contribution in [0.1, 0.15) is 11.1 Å². The molecule has 0 amide bonds. The van der Waals surface area contributed by atoms with E-state index in [1.165, 1.54) is 0 Å². The minimum atomic E-state index is -6.47. The largest absolute Gasteiger partial charge is 0.411 e. The first-order chi connectivity index (χ1) is 12.1. The van der Waals surface area contributed by atoms with Gasteiger partial charge in [-0.3, -0.25) is 0 Å². The molecule has 148 valence electrons. The van der Waals surface area contributed by atoms with Crippen molar-refractivity contribution in [3.05, 3.63) is 70.3 Å². The van der Waals surface area contributed by atoms with Crippen molar-refractivity contribution in [1.29, 1.82) is 0 Å². The SMILES string of the molecule is Fc1cc(C(c2cc(F)c(F)c(F)c2)(C(F)(F)F)C(F)(F)F)cc(F)c1F. The second-order valence-corrected chi connectivity index (χ2v) is 5.25. The lowest BCUT2D eigenvalue weighted by molar-refractivity contribution is -0.288. The predicted octanol–water partition coefficient (Wildman–Crippen LogP) is 5.93. The summed E-state index contributed by atoms with van der Waals surface area (Å²) in [5.41, 5.74) is -9.88. The highest BCUT2D eigenvalue weighted by Crippen LogP contribution is 2.56. The van der Waals surface area contributed by atoms with Crippen molar-refractivity contribution < 1.29 is 52.7 Å². The number of alkyl halides is 6. The van der Waals surface area contributed by atoms with Crippen molar-refractivity contribution in [2.45, 2.75) is 17.8 Å². The van der Waals surface area contributed by atoms with Crippen LogP contribution < -0.4 is 0 Å². The molecule has 0 nitrogen and oxygen atoms in total. The van der Waals surface area contributed by atoms with Crippen LogP contribution in [0.2, 0.25) is 0 Å². The van der Waals surface area contributed by atoms with Crippen molar-refractivity contribution in [3.8, 4) is 0 Å². The fourth-order valence-corrected chi connectivity index (χ4v) is 2.53. The third-order valence-electron chi connectivity index (χ3n) is 3.68. The molecule has 0 aliphatic rings. The predicted molar refractivity (Wildman–Crippen MR) is 65.5 cm³/mol. The van der Waals surface area contributed by atoms with E-state index in [-0.39, 0.29) is 0 Å². The van der Waals surface area contributed by atoms with Gasteiger partial charge in [0.1, 0.15) is 0 Å². The van der Waals surface area contributed by atoms with Crippen molar-refractivity contribution in [3.63, 3.8) is 0 Å². The molecule has 27 heavy (non-hydrogen) atoms. The Bertz CT molecular complexity index is 758. The summed E-state index contributed by atoms with van der Waals surface area (Å²) in [7, 11) is 0. The Labute approximate surface area is 142 Å². The van der Waals surface area contributed by atoms with E-state index in [1.54, 1.807) is 0 Å². The normalized spacial score (nSPS) is 13.2. The van der Waals surface area contributed by atoms with E-state index >= 15 is 0 Å². The van der Waals surface area contributed by atoms with E-state index in [0.717, 1.165) is 0 Å². The zero-order valence-electron chi connectivity index (χ0n) is 12.3. The van der Waals surface area contributed by atoms with E-state index < -0.39 is 88.1 Å². The van der Waals surface area contributed by atoms with Gasteiger partial charge >= 0.3 is 12.4 Å². The van der Waals surface area contributed by atoms with Gasteiger partial charge < -0.3 is 0 Å². The maximum Gasteiger partial charge on any atom is 0.411 e. The highest BCUT2D eigenvalue weighted by atomic mass is 19.4. The Kier molecular flexibility index (Phi) is 4.91. The Morgan fingerprint density at radius 2 is 0.667 bits per heavy atom. The molecular formula is C15H4F12. The minimum absolute atomic E-state index is 0.613. The highest BCUT2D eigenvalue weighted by Gasteiger charge is 2.73. The van der Waals surface area contributed by atoms with Crippen LogP contribution in [-0.2, 0) is 5.41 Å². The molecule has 0 aliphatic heterocycles. The maximum absolute atomic E-state index is 13.6. The monoisotopic (exact) mass is 412 g/mol. The van der Waals surface area contributed by atoms with Crippen LogP contribution in [-0.4, -0.2) is 12.4 Å². The molecule has 12 heteroatoms. The lowest BCUT2D eigenvalue weighted by atomic mass is 9.72.